The average molecular weight is 11000 g/mol. The molecule has 0 fully saturated rings. The largest absolute Gasteiger partial charge is 0 e. The first-order valence-electron chi connectivity index (χ1n) is 0. The maximum atomic E-state index is 0. The van der Waals surface area contributed by atoms with Crippen molar-refractivity contribution in [2.24, 2.45) is 0 Å². The van der Waals surface area contributed by atoms with E-state index in [1.165, 1.54) is 0 Å². The molecule has 0 aromatic carbocycles. The van der Waals surface area contributed by atoms with Gasteiger partial charge in [0.1, 0.15) is 0 Å². The molecule has 0 aliphatic carbocycles. The van der Waals surface area contributed by atoms with Crippen molar-refractivity contribution < 1.29 is 2660 Å². The van der Waals surface area contributed by atoms with Crippen LogP contribution in [0.4, 0.5) is 0 Å². The van der Waals surface area contributed by atoms with Crippen molar-refractivity contribution in [3.63, 3.8) is 0 Å². The van der Waals surface area contributed by atoms with E-state index in [2.05, 4.69) is 0 Å². The number of rotatable bonds is 0. The summed E-state index contributed by atoms with van der Waals surface area (Å²) in [5.74, 6) is 0. The fraction of sp³-hybridized carbons (Fsp3) is 0. The molecule has 0 bridgehead atoms. The summed E-state index contributed by atoms with van der Waals surface area (Å²) in [6, 6.07) is 0. The van der Waals surface area contributed by atoms with Gasteiger partial charge < -0.3 is 0 Å². The molecular weight excluding hydrogens is 11000 g/mol. The van der Waals surface area contributed by atoms with Crippen molar-refractivity contribution in [2.75, 3.05) is 0 Å². The molecule has 0 atom stereocenters. The fourth-order valence-corrected chi connectivity index (χ4v) is 0. The Kier molecular flexibility index (Phi) is 3440. The van der Waals surface area contributed by atoms with Crippen molar-refractivity contribution >= 4 is 0 Å². The Morgan fingerprint density at radius 2 is 0.0145 bits per heavy atom. The number of hydrogen-bond donors (Lipinski definition) is 0. The molecule has 0 aromatic heterocycles. The van der Waals surface area contributed by atoms with Gasteiger partial charge in [0, 0.05) is 2660 Å². The molecule has 69 heavy (non-hydrogen) atoms. The zero-order valence-corrected chi connectivity index (χ0v) is 171. The normalized spacial score (nSPS) is 0. The van der Waals surface area contributed by atoms with Crippen LogP contribution in [0.15, 0.2) is 0 Å². The molecule has 69 heteroatoms. The first-order valence-corrected chi connectivity index (χ1v) is 0. The Morgan fingerprint density at radius 1 is 0.0145 bits per heavy atom. The Bertz CT molecular complexity index is 0. The van der Waals surface area contributed by atoms with E-state index in [1.54, 1.807) is 0 Å². The van der Waals surface area contributed by atoms with Crippen LogP contribution in [0.5, 0.6) is 0 Å². The average Bonchev–Trinajstić information content (AvgIpc) is 0. The summed E-state index contributed by atoms with van der Waals surface area (Å²) in [5, 5.41) is 0. The Hall–Kier alpha value is 88.7. The predicted molar refractivity (Wildman–Crippen MR) is 0 cm³/mol. The van der Waals surface area contributed by atoms with Crippen molar-refractivity contribution in [3.8, 4) is 0 Å². The monoisotopic (exact) mass is 11000 g/mol. The van der Waals surface area contributed by atoms with E-state index in [9.17, 15) is 0 Å². The molecule has 0 nitrogen and oxygen atoms in total. The zero-order valence-electron chi connectivity index (χ0n) is 23.0. The first-order chi connectivity index (χ1) is 0. The third kappa shape index (κ3) is 477. The molecule has 0 unspecified atom stereocenters. The van der Waals surface area contributed by atoms with Gasteiger partial charge in [-0.1, -0.05) is 0 Å². The van der Waals surface area contributed by atoms with Gasteiger partial charge in [-0.05, 0) is 0 Å². The Labute approximate surface area is 2550 Å². The second kappa shape index (κ2) is 483. The molecule has 0 saturated carbocycles. The second-order valence-electron chi connectivity index (χ2n) is 0. The van der Waals surface area contributed by atoms with E-state index in [4.69, 9.17) is 0 Å². The van der Waals surface area contributed by atoms with Gasteiger partial charge in [-0.2, -0.15) is 0 Å². The summed E-state index contributed by atoms with van der Waals surface area (Å²) in [4.78, 5) is 0. The molecule has 0 N–H and O–H groups in total. The summed E-state index contributed by atoms with van der Waals surface area (Å²) in [7, 11) is 0. The minimum absolute atomic E-state index is 0. The van der Waals surface area contributed by atoms with E-state index in [-0.39, 0.29) is 2660 Å². The van der Waals surface area contributed by atoms with Crippen LogP contribution in [-0.4, -0.2) is 0 Å². The molecule has 0 heterocycles. The van der Waals surface area contributed by atoms with Gasteiger partial charge in [-0.3, -0.25) is 0 Å². The summed E-state index contributed by atoms with van der Waals surface area (Å²) in [6.45, 7) is 0. The minimum atomic E-state index is 0. The van der Waals surface area contributed by atoms with Gasteiger partial charge in [0.2, 0.25) is 0 Å². The first kappa shape index (κ1) is 492. The molecule has 0 spiro atoms. The summed E-state index contributed by atoms with van der Waals surface area (Å²) in [5.41, 5.74) is 0. The van der Waals surface area contributed by atoms with Crippen LogP contribution in [0.25, 0.3) is 0 Å². The van der Waals surface area contributed by atoms with Crippen LogP contribution in [0.3, 0.4) is 0 Å². The SMILES string of the molecule is [Tb].[Tb].[Tb].[Tb].[Tb].[Tb].[Tb].[Tb].[Tb].[Tb].[Tb].[Tb].[Tb].[Tb].[Tb].[Tb].[Tb].[Tb].[Tb].[Tb].[Tb].[Tb].[Tb].[Tb].[Tb].[Tb].[Tb].[Tb].[Tb].[Tb].[Tb].[Tb].[Tb].[Tb].[Tb].[Tb].[Tb].[Tb].[Tb].[Tb].[Tb].[Tb].[Tb].[Tb].[Tb].[Tb].[Tb].[Tb].[Tb].[Tb].[Tb].[Tb].[Tb].[Tb].[Tb].[Tb].[Tb].[Tb].[Tb].[Tb].[Tb].[Tb].[Tb].[Tb].[Tb].[Tb].[Tb].[Tb].[Tb]. The maximum absolute atomic E-state index is 0. The third-order valence-electron chi connectivity index (χ3n) is 0. The van der Waals surface area contributed by atoms with E-state index < -0.39 is 0 Å². The van der Waals surface area contributed by atoms with Gasteiger partial charge in [0.15, 0.2) is 0 Å². The quantitative estimate of drug-likeness (QED) is 0.321. The molecular formula is Tb69. The van der Waals surface area contributed by atoms with Crippen LogP contribution in [0.1, 0.15) is 0 Å². The third-order valence-corrected chi connectivity index (χ3v) is 0. The molecule has 0 amide bonds. The van der Waals surface area contributed by atoms with E-state index in [1.807, 2.05) is 0 Å². The van der Waals surface area contributed by atoms with E-state index >= 15 is 0 Å². The second-order valence-corrected chi connectivity index (χ2v) is 0. The smallest absolute Gasteiger partial charge is 0 e. The fourth-order valence-electron chi connectivity index (χ4n) is 0. The molecule has 0 saturated heterocycles. The van der Waals surface area contributed by atoms with Gasteiger partial charge in [-0.25, -0.2) is 0 Å². The van der Waals surface area contributed by atoms with Crippen LogP contribution < -0.4 is 0 Å². The zero-order chi connectivity index (χ0) is 0. The standard InChI is InChI=1S/69Tb. The molecule has 0 aromatic rings. The van der Waals surface area contributed by atoms with Crippen molar-refractivity contribution in [3.05, 3.63) is 0 Å². The van der Waals surface area contributed by atoms with Gasteiger partial charge in [0.25, 0.3) is 0 Å². The van der Waals surface area contributed by atoms with Gasteiger partial charge in [-0.15, -0.1) is 0 Å². The van der Waals surface area contributed by atoms with Crippen LogP contribution in [0.2, 0.25) is 0 Å². The minimum Gasteiger partial charge on any atom is 0 e. The summed E-state index contributed by atoms with van der Waals surface area (Å²) in [6.07, 6.45) is 0. The van der Waals surface area contributed by atoms with Crippen LogP contribution in [0, 0.1) is 2660 Å². The Morgan fingerprint density at radius 3 is 0.0145 bits per heavy atom. The van der Waals surface area contributed by atoms with Crippen LogP contribution >= 0.6 is 0 Å². The topological polar surface area (TPSA) is 0 Å². The van der Waals surface area contributed by atoms with Crippen molar-refractivity contribution in [1.29, 1.82) is 0 Å². The van der Waals surface area contributed by atoms with Crippen LogP contribution in [-0.2, 0) is 0 Å². The van der Waals surface area contributed by atoms with Gasteiger partial charge in [0.05, 0.1) is 0 Å². The molecule has 621 valence electrons. The molecule has 0 aliphatic rings. The van der Waals surface area contributed by atoms with Crippen molar-refractivity contribution in [2.45, 2.75) is 0 Å². The van der Waals surface area contributed by atoms with E-state index in [0.717, 1.165) is 0 Å². The Balaban J connectivity index is 0. The molecule has 0 rings (SSSR count). The summed E-state index contributed by atoms with van der Waals surface area (Å²) >= 11 is 0. The molecule has 69 radical (unpaired) electrons. The van der Waals surface area contributed by atoms with E-state index in [0.29, 0.717) is 0 Å². The summed E-state index contributed by atoms with van der Waals surface area (Å²) < 4.78 is 0. The maximum Gasteiger partial charge on any atom is 0 e. The van der Waals surface area contributed by atoms with Crippen molar-refractivity contribution in [1.82, 2.24) is 0 Å². The molecule has 0 aliphatic heterocycles. The number of hydrogen-bond acceptors (Lipinski definition) is 0. The predicted octanol–water partition coefficient (Wildman–Crippen LogP) is 0. The van der Waals surface area contributed by atoms with Gasteiger partial charge >= 0.3 is 0 Å².